The number of rotatable bonds is 8. The Morgan fingerprint density at radius 1 is 1.29 bits per heavy atom. The third-order valence-corrected chi connectivity index (χ3v) is 3.29. The van der Waals surface area contributed by atoms with Crippen LogP contribution in [0, 0.1) is 0 Å². The van der Waals surface area contributed by atoms with E-state index in [4.69, 9.17) is 10.2 Å². The summed E-state index contributed by atoms with van der Waals surface area (Å²) in [5, 5.41) is 13.0. The van der Waals surface area contributed by atoms with Crippen LogP contribution in [0.5, 0.6) is 0 Å². The van der Waals surface area contributed by atoms with Crippen molar-refractivity contribution in [1.82, 2.24) is 5.32 Å². The summed E-state index contributed by atoms with van der Waals surface area (Å²) < 4.78 is 5.19. The molecule has 0 unspecified atom stereocenters. The first-order chi connectivity index (χ1) is 10.2. The van der Waals surface area contributed by atoms with E-state index in [1.807, 2.05) is 30.3 Å². The third-order valence-electron chi connectivity index (χ3n) is 3.29. The molecule has 112 valence electrons. The number of aliphatic hydroxyl groups excluding tert-OH is 1. The molecule has 0 saturated heterocycles. The summed E-state index contributed by atoms with van der Waals surface area (Å²) in [6.07, 6.45) is 2.50. The molecule has 5 heteroatoms. The molecule has 2 rings (SSSR count). The molecule has 0 radical (unpaired) electrons. The maximum Gasteiger partial charge on any atom is 0.252 e. The van der Waals surface area contributed by atoms with Gasteiger partial charge in [0.05, 0.1) is 24.5 Å². The first-order valence-corrected chi connectivity index (χ1v) is 6.95. The normalized spacial score (nSPS) is 12.2. The van der Waals surface area contributed by atoms with Gasteiger partial charge in [-0.1, -0.05) is 30.3 Å². The van der Waals surface area contributed by atoms with Gasteiger partial charge in [-0.25, -0.2) is 0 Å². The Balaban J connectivity index is 1.70. The number of hydrogen-bond acceptors (Lipinski definition) is 4. The number of hydrogen-bond donors (Lipinski definition) is 3. The second-order valence-corrected chi connectivity index (χ2v) is 4.93. The summed E-state index contributed by atoms with van der Waals surface area (Å²) in [5.74, 6) is -0.0112. The zero-order chi connectivity index (χ0) is 15.1. The molecule has 1 aromatic carbocycles. The molecule has 0 aliphatic carbocycles. The SMILES string of the molecule is NC(=O)c1ccoc1CNC[C@H](O)CCc1ccccc1. The van der Waals surface area contributed by atoms with Gasteiger partial charge in [0, 0.05) is 6.54 Å². The van der Waals surface area contributed by atoms with E-state index in [0.29, 0.717) is 30.8 Å². The Kier molecular flexibility index (Phi) is 5.54. The van der Waals surface area contributed by atoms with Crippen molar-refractivity contribution in [3.05, 3.63) is 59.5 Å². The van der Waals surface area contributed by atoms with Crippen LogP contribution in [0.25, 0.3) is 0 Å². The molecule has 0 saturated carbocycles. The topological polar surface area (TPSA) is 88.5 Å². The van der Waals surface area contributed by atoms with Gasteiger partial charge in [0.25, 0.3) is 5.91 Å². The van der Waals surface area contributed by atoms with Crippen LogP contribution in [0.2, 0.25) is 0 Å². The second kappa shape index (κ2) is 7.61. The first kappa shape index (κ1) is 15.3. The molecule has 0 spiro atoms. The number of nitrogens with one attached hydrogen (secondary N) is 1. The molecule has 0 fully saturated rings. The fraction of sp³-hybridized carbons (Fsp3) is 0.312. The maximum absolute atomic E-state index is 11.1. The van der Waals surface area contributed by atoms with Crippen LogP contribution < -0.4 is 11.1 Å². The fourth-order valence-electron chi connectivity index (χ4n) is 2.13. The highest BCUT2D eigenvalue weighted by molar-refractivity contribution is 5.93. The van der Waals surface area contributed by atoms with Crippen LogP contribution in [-0.4, -0.2) is 23.7 Å². The Hall–Kier alpha value is -2.11. The number of nitrogens with two attached hydrogens (primary N) is 1. The highest BCUT2D eigenvalue weighted by Gasteiger charge is 2.11. The minimum Gasteiger partial charge on any atom is -0.467 e. The molecule has 1 aromatic heterocycles. The van der Waals surface area contributed by atoms with E-state index < -0.39 is 12.0 Å². The number of aliphatic hydroxyl groups is 1. The van der Waals surface area contributed by atoms with Crippen LogP contribution in [0.4, 0.5) is 0 Å². The van der Waals surface area contributed by atoms with E-state index in [0.717, 1.165) is 6.42 Å². The summed E-state index contributed by atoms with van der Waals surface area (Å²) in [5.41, 5.74) is 6.81. The quantitative estimate of drug-likeness (QED) is 0.686. The Labute approximate surface area is 123 Å². The van der Waals surface area contributed by atoms with Gasteiger partial charge in [-0.15, -0.1) is 0 Å². The van der Waals surface area contributed by atoms with Gasteiger partial charge in [-0.2, -0.15) is 0 Å². The van der Waals surface area contributed by atoms with Crippen LogP contribution in [0.15, 0.2) is 47.1 Å². The third kappa shape index (κ3) is 4.73. The van der Waals surface area contributed by atoms with E-state index in [-0.39, 0.29) is 0 Å². The molecular weight excluding hydrogens is 268 g/mol. The number of aryl methyl sites for hydroxylation is 1. The molecular formula is C16H20N2O3. The van der Waals surface area contributed by atoms with Gasteiger partial charge in [0.2, 0.25) is 0 Å². The predicted molar refractivity (Wildman–Crippen MR) is 79.7 cm³/mol. The lowest BCUT2D eigenvalue weighted by Gasteiger charge is -2.11. The standard InChI is InChI=1S/C16H20N2O3/c17-16(20)14-8-9-21-15(14)11-18-10-13(19)7-6-12-4-2-1-3-5-12/h1-5,8-9,13,18-19H,6-7,10-11H2,(H2,17,20)/t13-/m1/s1. The molecule has 0 aliphatic heterocycles. The van der Waals surface area contributed by atoms with Crippen molar-refractivity contribution in [2.24, 2.45) is 5.73 Å². The Bertz CT molecular complexity index is 566. The van der Waals surface area contributed by atoms with E-state index in [9.17, 15) is 9.90 Å². The molecule has 1 heterocycles. The summed E-state index contributed by atoms with van der Waals surface area (Å²) in [7, 11) is 0. The van der Waals surface area contributed by atoms with Crippen molar-refractivity contribution >= 4 is 5.91 Å². The van der Waals surface area contributed by atoms with Crippen molar-refractivity contribution in [2.45, 2.75) is 25.5 Å². The zero-order valence-electron chi connectivity index (χ0n) is 11.8. The zero-order valence-corrected chi connectivity index (χ0v) is 11.8. The molecule has 0 bridgehead atoms. The number of carbonyl (C=O) groups is 1. The molecule has 4 N–H and O–H groups in total. The van der Waals surface area contributed by atoms with Crippen molar-refractivity contribution in [1.29, 1.82) is 0 Å². The average Bonchev–Trinajstić information content (AvgIpc) is 2.95. The second-order valence-electron chi connectivity index (χ2n) is 4.93. The van der Waals surface area contributed by atoms with Gasteiger partial charge in [0.15, 0.2) is 0 Å². The number of primary amides is 1. The number of furan rings is 1. The lowest BCUT2D eigenvalue weighted by atomic mass is 10.1. The smallest absolute Gasteiger partial charge is 0.252 e. The van der Waals surface area contributed by atoms with Crippen LogP contribution in [0.1, 0.15) is 28.1 Å². The van der Waals surface area contributed by atoms with Gasteiger partial charge in [-0.3, -0.25) is 4.79 Å². The minimum atomic E-state index is -0.509. The summed E-state index contributed by atoms with van der Waals surface area (Å²) in [6, 6.07) is 11.6. The Morgan fingerprint density at radius 3 is 2.76 bits per heavy atom. The van der Waals surface area contributed by atoms with Crippen molar-refractivity contribution in [3.63, 3.8) is 0 Å². The molecule has 1 amide bonds. The lowest BCUT2D eigenvalue weighted by molar-refractivity contribution is 0.0998. The fourth-order valence-corrected chi connectivity index (χ4v) is 2.13. The van der Waals surface area contributed by atoms with Crippen molar-refractivity contribution in [3.8, 4) is 0 Å². The maximum atomic E-state index is 11.1. The largest absolute Gasteiger partial charge is 0.467 e. The molecule has 1 atom stereocenters. The van der Waals surface area contributed by atoms with E-state index in [2.05, 4.69) is 5.32 Å². The number of amides is 1. The van der Waals surface area contributed by atoms with Gasteiger partial charge < -0.3 is 20.6 Å². The van der Waals surface area contributed by atoms with E-state index in [1.165, 1.54) is 11.8 Å². The van der Waals surface area contributed by atoms with Crippen LogP contribution >= 0.6 is 0 Å². The monoisotopic (exact) mass is 288 g/mol. The minimum absolute atomic E-state index is 0.369. The predicted octanol–water partition coefficient (Wildman–Crippen LogP) is 1.46. The van der Waals surface area contributed by atoms with E-state index >= 15 is 0 Å². The first-order valence-electron chi connectivity index (χ1n) is 6.95. The molecule has 5 nitrogen and oxygen atoms in total. The van der Waals surface area contributed by atoms with E-state index in [1.54, 1.807) is 6.07 Å². The van der Waals surface area contributed by atoms with Gasteiger partial charge >= 0.3 is 0 Å². The summed E-state index contributed by atoms with van der Waals surface area (Å²) in [6.45, 7) is 0.805. The number of carbonyl (C=O) groups excluding carboxylic acids is 1. The summed E-state index contributed by atoms with van der Waals surface area (Å²) in [4.78, 5) is 11.1. The van der Waals surface area contributed by atoms with Crippen molar-refractivity contribution < 1.29 is 14.3 Å². The van der Waals surface area contributed by atoms with Crippen LogP contribution in [-0.2, 0) is 13.0 Å². The Morgan fingerprint density at radius 2 is 2.05 bits per heavy atom. The van der Waals surface area contributed by atoms with Gasteiger partial charge in [0.1, 0.15) is 5.76 Å². The summed E-state index contributed by atoms with van der Waals surface area (Å²) >= 11 is 0. The highest BCUT2D eigenvalue weighted by atomic mass is 16.3. The van der Waals surface area contributed by atoms with Crippen molar-refractivity contribution in [2.75, 3.05) is 6.54 Å². The van der Waals surface area contributed by atoms with Gasteiger partial charge in [-0.05, 0) is 24.5 Å². The molecule has 0 aliphatic rings. The number of benzene rings is 1. The molecule has 21 heavy (non-hydrogen) atoms. The van der Waals surface area contributed by atoms with Crippen LogP contribution in [0.3, 0.4) is 0 Å². The highest BCUT2D eigenvalue weighted by Crippen LogP contribution is 2.09. The lowest BCUT2D eigenvalue weighted by Crippen LogP contribution is -2.27. The average molecular weight is 288 g/mol. The molecule has 2 aromatic rings.